The van der Waals surface area contributed by atoms with Gasteiger partial charge in [0.15, 0.2) is 0 Å². The first kappa shape index (κ1) is 26.4. The Labute approximate surface area is 216 Å². The Morgan fingerprint density at radius 3 is 2.58 bits per heavy atom. The molecule has 11 atom stereocenters. The predicted octanol–water partition coefficient (Wildman–Crippen LogP) is 2.35. The van der Waals surface area contributed by atoms with Crippen LogP contribution >= 0.6 is 0 Å². The Morgan fingerprint density at radius 1 is 1.06 bits per heavy atom. The highest BCUT2D eigenvalue weighted by molar-refractivity contribution is 5.83. The summed E-state index contributed by atoms with van der Waals surface area (Å²) in [6, 6.07) is 0.874. The maximum atomic E-state index is 14.1. The van der Waals surface area contributed by atoms with Crippen LogP contribution in [0.5, 0.6) is 0 Å². The van der Waals surface area contributed by atoms with Crippen molar-refractivity contribution in [3.8, 4) is 0 Å². The molecular formula is C28H47N3O5. The fourth-order valence-corrected chi connectivity index (χ4v) is 8.44. The molecule has 0 spiro atoms. The molecule has 2 N–H and O–H groups in total. The predicted molar refractivity (Wildman–Crippen MR) is 136 cm³/mol. The summed E-state index contributed by atoms with van der Waals surface area (Å²) in [5.74, 6) is 1.96. The monoisotopic (exact) mass is 505 g/mol. The first-order valence-corrected chi connectivity index (χ1v) is 14.4. The molecule has 2 saturated carbocycles. The highest BCUT2D eigenvalue weighted by Gasteiger charge is 2.64. The molecule has 8 nitrogen and oxygen atoms in total. The smallest absolute Gasteiger partial charge is 0.248 e. The van der Waals surface area contributed by atoms with E-state index in [4.69, 9.17) is 14.2 Å². The van der Waals surface area contributed by atoms with Gasteiger partial charge in [0.1, 0.15) is 6.10 Å². The lowest BCUT2D eigenvalue weighted by Crippen LogP contribution is -2.70. The summed E-state index contributed by atoms with van der Waals surface area (Å²) in [5.41, 5.74) is 0. The van der Waals surface area contributed by atoms with E-state index in [0.717, 1.165) is 51.5 Å². The van der Waals surface area contributed by atoms with E-state index in [1.165, 1.54) is 0 Å². The molecule has 0 bridgehead atoms. The van der Waals surface area contributed by atoms with Crippen LogP contribution in [0.25, 0.3) is 0 Å². The molecule has 11 unspecified atom stereocenters. The van der Waals surface area contributed by atoms with Gasteiger partial charge in [0, 0.05) is 32.8 Å². The molecular weight excluding hydrogens is 458 g/mol. The van der Waals surface area contributed by atoms with Gasteiger partial charge in [-0.1, -0.05) is 13.8 Å². The fourth-order valence-electron chi connectivity index (χ4n) is 8.44. The summed E-state index contributed by atoms with van der Waals surface area (Å²) in [5, 5.41) is 6.87. The topological polar surface area (TPSA) is 89.1 Å². The van der Waals surface area contributed by atoms with Crippen LogP contribution < -0.4 is 10.6 Å². The zero-order chi connectivity index (χ0) is 25.6. The average Bonchev–Trinajstić information content (AvgIpc) is 3.20. The Bertz CT molecular complexity index is 808. The van der Waals surface area contributed by atoms with Crippen LogP contribution in [-0.4, -0.2) is 86.6 Å². The van der Waals surface area contributed by atoms with E-state index in [0.29, 0.717) is 36.3 Å². The second-order valence-corrected chi connectivity index (χ2v) is 12.3. The number of amides is 2. The number of methoxy groups -OCH3 is 2. The van der Waals surface area contributed by atoms with Crippen LogP contribution in [0.2, 0.25) is 0 Å². The largest absolute Gasteiger partial charge is 0.379 e. The summed E-state index contributed by atoms with van der Waals surface area (Å²) in [7, 11) is 3.46. The van der Waals surface area contributed by atoms with Crippen molar-refractivity contribution in [3.05, 3.63) is 0 Å². The van der Waals surface area contributed by atoms with Crippen molar-refractivity contribution in [2.24, 2.45) is 29.6 Å². The number of rotatable bonds is 8. The second-order valence-electron chi connectivity index (χ2n) is 12.3. The average molecular weight is 506 g/mol. The number of hydrogen-bond donors (Lipinski definition) is 2. The number of nitrogens with one attached hydrogen (secondary N) is 2. The minimum absolute atomic E-state index is 0.0129. The minimum Gasteiger partial charge on any atom is -0.379 e. The van der Waals surface area contributed by atoms with Gasteiger partial charge >= 0.3 is 0 Å². The van der Waals surface area contributed by atoms with Crippen molar-refractivity contribution >= 4 is 11.8 Å². The van der Waals surface area contributed by atoms with Gasteiger partial charge in [0.25, 0.3) is 0 Å². The molecule has 0 aromatic rings. The van der Waals surface area contributed by atoms with Crippen LogP contribution in [0.3, 0.4) is 0 Å². The van der Waals surface area contributed by atoms with Crippen molar-refractivity contribution < 1.29 is 23.8 Å². The van der Waals surface area contributed by atoms with Crippen molar-refractivity contribution in [2.75, 3.05) is 27.3 Å². The van der Waals surface area contributed by atoms with Gasteiger partial charge in [0.2, 0.25) is 11.8 Å². The first-order valence-electron chi connectivity index (χ1n) is 14.4. The van der Waals surface area contributed by atoms with Crippen molar-refractivity contribution in [3.63, 3.8) is 0 Å². The zero-order valence-corrected chi connectivity index (χ0v) is 22.8. The zero-order valence-electron chi connectivity index (χ0n) is 22.8. The molecule has 8 heteroatoms. The second kappa shape index (κ2) is 10.9. The van der Waals surface area contributed by atoms with Crippen LogP contribution in [-0.2, 0) is 23.8 Å². The molecule has 3 heterocycles. The van der Waals surface area contributed by atoms with Crippen LogP contribution in [0.15, 0.2) is 0 Å². The fraction of sp³-hybridized carbons (Fsp3) is 0.929. The molecule has 3 saturated heterocycles. The lowest BCUT2D eigenvalue weighted by molar-refractivity contribution is -0.175. The normalized spacial score (nSPS) is 42.5. The number of ether oxygens (including phenoxy) is 3. The van der Waals surface area contributed by atoms with Crippen LogP contribution in [0.4, 0.5) is 0 Å². The van der Waals surface area contributed by atoms with Gasteiger partial charge in [-0.25, -0.2) is 0 Å². The van der Waals surface area contributed by atoms with E-state index >= 15 is 0 Å². The van der Waals surface area contributed by atoms with E-state index in [2.05, 4.69) is 29.4 Å². The summed E-state index contributed by atoms with van der Waals surface area (Å²) in [6.07, 6.45) is 6.25. The van der Waals surface area contributed by atoms with Gasteiger partial charge < -0.3 is 29.7 Å². The van der Waals surface area contributed by atoms with E-state index in [-0.39, 0.29) is 48.1 Å². The molecule has 5 aliphatic rings. The SMILES string of the molecule is COC1CCC2C3NCCC4C5CC(OC(C)C(=O)NCCC(C)C)CCC5N(C(=O)C2C1OC)C43. The van der Waals surface area contributed by atoms with E-state index in [9.17, 15) is 9.59 Å². The maximum absolute atomic E-state index is 14.1. The lowest BCUT2D eigenvalue weighted by Gasteiger charge is -2.55. The molecule has 0 aromatic carbocycles. The molecule has 0 aromatic heterocycles. The Balaban J connectivity index is 1.29. The van der Waals surface area contributed by atoms with Crippen molar-refractivity contribution in [1.82, 2.24) is 15.5 Å². The third kappa shape index (κ3) is 4.61. The summed E-state index contributed by atoms with van der Waals surface area (Å²) in [6.45, 7) is 7.90. The van der Waals surface area contributed by atoms with Gasteiger partial charge in [-0.05, 0) is 82.1 Å². The van der Waals surface area contributed by atoms with Gasteiger partial charge in [0.05, 0.1) is 30.3 Å². The van der Waals surface area contributed by atoms with E-state index in [1.807, 2.05) is 6.92 Å². The van der Waals surface area contributed by atoms with E-state index in [1.54, 1.807) is 14.2 Å². The number of carbonyl (C=O) groups is 2. The highest BCUT2D eigenvalue weighted by atomic mass is 16.5. The van der Waals surface area contributed by atoms with Crippen molar-refractivity contribution in [2.45, 2.75) is 108 Å². The van der Waals surface area contributed by atoms with Crippen LogP contribution in [0.1, 0.15) is 65.7 Å². The first-order chi connectivity index (χ1) is 17.3. The number of piperidine rings is 2. The van der Waals surface area contributed by atoms with Gasteiger partial charge in [-0.3, -0.25) is 9.59 Å². The minimum atomic E-state index is -0.443. The van der Waals surface area contributed by atoms with E-state index < -0.39 is 6.10 Å². The Morgan fingerprint density at radius 2 is 1.86 bits per heavy atom. The third-order valence-corrected chi connectivity index (χ3v) is 10.0. The third-order valence-electron chi connectivity index (χ3n) is 10.0. The number of nitrogens with zero attached hydrogens (tertiary/aromatic N) is 1. The Kier molecular flexibility index (Phi) is 7.97. The molecule has 36 heavy (non-hydrogen) atoms. The van der Waals surface area contributed by atoms with Gasteiger partial charge in [-0.15, -0.1) is 0 Å². The summed E-state index contributed by atoms with van der Waals surface area (Å²) in [4.78, 5) is 29.0. The number of fused-ring (bicyclic) bond motifs is 5. The van der Waals surface area contributed by atoms with Crippen LogP contribution in [0, 0.1) is 29.6 Å². The quantitative estimate of drug-likeness (QED) is 0.527. The molecule has 3 aliphatic heterocycles. The summed E-state index contributed by atoms with van der Waals surface area (Å²) < 4.78 is 18.0. The molecule has 2 aliphatic carbocycles. The molecule has 204 valence electrons. The lowest BCUT2D eigenvalue weighted by atomic mass is 9.64. The van der Waals surface area contributed by atoms with Crippen molar-refractivity contribution in [1.29, 1.82) is 0 Å². The molecule has 0 radical (unpaired) electrons. The Hall–Kier alpha value is -1.22. The molecule has 2 amide bonds. The standard InChI is InChI=1S/C28H47N3O5/c1-15(2)10-12-30-27(32)16(3)36-17-6-8-21-20(14-17)18-11-13-29-24-19-7-9-22(34-4)26(35-5)23(19)28(33)31(21)25(18)24/h15-26,29H,6-14H2,1-5H3,(H,30,32). The number of carbonyl (C=O) groups excluding carboxylic acids is 2. The maximum Gasteiger partial charge on any atom is 0.248 e. The number of hydrogen-bond acceptors (Lipinski definition) is 6. The summed E-state index contributed by atoms with van der Waals surface area (Å²) >= 11 is 0. The van der Waals surface area contributed by atoms with Gasteiger partial charge in [-0.2, -0.15) is 0 Å². The molecule has 5 rings (SSSR count). The molecule has 5 fully saturated rings. The highest BCUT2D eigenvalue weighted by Crippen LogP contribution is 2.54.